The molecule has 2 aromatic rings. The van der Waals surface area contributed by atoms with Gasteiger partial charge >= 0.3 is 6.61 Å². The van der Waals surface area contributed by atoms with Crippen LogP contribution in [0, 0.1) is 0 Å². The number of amides is 1. The average molecular weight is 371 g/mol. The fraction of sp³-hybridized carbons (Fsp3) is 0.278. The Kier molecular flexibility index (Phi) is 8.88. The number of rotatable bonds is 8. The monoisotopic (exact) mass is 370 g/mol. The van der Waals surface area contributed by atoms with E-state index in [1.165, 1.54) is 24.3 Å². The van der Waals surface area contributed by atoms with Crippen molar-refractivity contribution in [2.24, 2.45) is 5.73 Å². The standard InChI is InChI=1S/C18H20F2N2O2.ClH/c19-18(20)24-16-8-6-15(7-9-16)17(23)22(13-11-21)12-10-14-4-2-1-3-5-14;/h1-9,18H,10-13,21H2;1H. The molecule has 0 bridgehead atoms. The Morgan fingerprint density at radius 3 is 2.24 bits per heavy atom. The Hall–Kier alpha value is -2.18. The van der Waals surface area contributed by atoms with E-state index in [0.29, 0.717) is 25.2 Å². The molecule has 0 saturated carbocycles. The first kappa shape index (κ1) is 20.9. The number of halogens is 3. The van der Waals surface area contributed by atoms with Crippen molar-refractivity contribution in [3.63, 3.8) is 0 Å². The number of ether oxygens (including phenoxy) is 1. The highest BCUT2D eigenvalue weighted by Gasteiger charge is 2.15. The topological polar surface area (TPSA) is 55.6 Å². The molecular formula is C18H21ClF2N2O2. The molecule has 2 N–H and O–H groups in total. The summed E-state index contributed by atoms with van der Waals surface area (Å²) < 4.78 is 28.6. The largest absolute Gasteiger partial charge is 0.435 e. The number of carbonyl (C=O) groups is 1. The average Bonchev–Trinajstić information content (AvgIpc) is 2.59. The molecule has 0 aliphatic heterocycles. The van der Waals surface area contributed by atoms with E-state index in [4.69, 9.17) is 5.73 Å². The van der Waals surface area contributed by atoms with E-state index in [-0.39, 0.29) is 24.1 Å². The zero-order chi connectivity index (χ0) is 17.4. The highest BCUT2D eigenvalue weighted by Crippen LogP contribution is 2.16. The number of carbonyl (C=O) groups excluding carboxylic acids is 1. The van der Waals surface area contributed by atoms with Crippen LogP contribution in [-0.4, -0.2) is 37.1 Å². The minimum Gasteiger partial charge on any atom is -0.435 e. The van der Waals surface area contributed by atoms with E-state index in [1.54, 1.807) is 4.90 Å². The maximum Gasteiger partial charge on any atom is 0.387 e. The molecule has 0 radical (unpaired) electrons. The highest BCUT2D eigenvalue weighted by molar-refractivity contribution is 5.94. The first-order valence-electron chi connectivity index (χ1n) is 7.68. The van der Waals surface area contributed by atoms with Gasteiger partial charge in [0.1, 0.15) is 5.75 Å². The molecule has 0 fully saturated rings. The maximum absolute atomic E-state index is 12.6. The normalized spacial score (nSPS) is 10.2. The number of nitrogens with two attached hydrogens (primary N) is 1. The second-order valence-corrected chi connectivity index (χ2v) is 5.22. The molecule has 136 valence electrons. The third-order valence-corrected chi connectivity index (χ3v) is 3.53. The zero-order valence-electron chi connectivity index (χ0n) is 13.6. The molecule has 1 amide bonds. The minimum atomic E-state index is -2.88. The van der Waals surface area contributed by atoms with Crippen LogP contribution in [0.4, 0.5) is 8.78 Å². The number of hydrogen-bond donors (Lipinski definition) is 1. The van der Waals surface area contributed by atoms with Gasteiger partial charge in [-0.3, -0.25) is 4.79 Å². The van der Waals surface area contributed by atoms with E-state index in [9.17, 15) is 13.6 Å². The molecule has 0 aliphatic carbocycles. The number of nitrogens with zero attached hydrogens (tertiary/aromatic N) is 1. The van der Waals surface area contributed by atoms with Gasteiger partial charge in [0.05, 0.1) is 0 Å². The van der Waals surface area contributed by atoms with E-state index in [0.717, 1.165) is 12.0 Å². The Balaban J connectivity index is 0.00000312. The van der Waals surface area contributed by atoms with Crippen LogP contribution in [0.15, 0.2) is 54.6 Å². The van der Waals surface area contributed by atoms with Gasteiger partial charge in [0.2, 0.25) is 0 Å². The van der Waals surface area contributed by atoms with Gasteiger partial charge in [-0.15, -0.1) is 12.4 Å². The molecular weight excluding hydrogens is 350 g/mol. The van der Waals surface area contributed by atoms with E-state index in [1.807, 2.05) is 30.3 Å². The van der Waals surface area contributed by atoms with Crippen LogP contribution in [0.2, 0.25) is 0 Å². The van der Waals surface area contributed by atoms with Crippen LogP contribution >= 0.6 is 12.4 Å². The summed E-state index contributed by atoms with van der Waals surface area (Å²) in [6, 6.07) is 15.5. The van der Waals surface area contributed by atoms with Crippen molar-refractivity contribution in [3.05, 3.63) is 65.7 Å². The number of hydrogen-bond acceptors (Lipinski definition) is 3. The zero-order valence-corrected chi connectivity index (χ0v) is 14.4. The predicted molar refractivity (Wildman–Crippen MR) is 95.4 cm³/mol. The van der Waals surface area contributed by atoms with E-state index >= 15 is 0 Å². The van der Waals surface area contributed by atoms with Crippen LogP contribution in [0.25, 0.3) is 0 Å². The molecule has 7 heteroatoms. The molecule has 0 aromatic heterocycles. The Morgan fingerprint density at radius 2 is 1.68 bits per heavy atom. The van der Waals surface area contributed by atoms with Crippen LogP contribution in [0.5, 0.6) is 5.75 Å². The van der Waals surface area contributed by atoms with Crippen molar-refractivity contribution < 1.29 is 18.3 Å². The summed E-state index contributed by atoms with van der Waals surface area (Å²) in [5, 5.41) is 0. The van der Waals surface area contributed by atoms with Crippen molar-refractivity contribution in [2.45, 2.75) is 13.0 Å². The fourth-order valence-corrected chi connectivity index (χ4v) is 2.34. The number of alkyl halides is 2. The lowest BCUT2D eigenvalue weighted by Crippen LogP contribution is -2.36. The van der Waals surface area contributed by atoms with Gasteiger partial charge in [0.15, 0.2) is 0 Å². The van der Waals surface area contributed by atoms with Crippen LogP contribution in [0.3, 0.4) is 0 Å². The third kappa shape index (κ3) is 6.68. The van der Waals surface area contributed by atoms with Gasteiger partial charge in [-0.25, -0.2) is 0 Å². The third-order valence-electron chi connectivity index (χ3n) is 3.53. The summed E-state index contributed by atoms with van der Waals surface area (Å²) >= 11 is 0. The minimum absolute atomic E-state index is 0. The Labute approximate surface area is 152 Å². The SMILES string of the molecule is Cl.NCCN(CCc1ccccc1)C(=O)c1ccc(OC(F)F)cc1. The molecule has 0 saturated heterocycles. The molecule has 2 aromatic carbocycles. The summed E-state index contributed by atoms with van der Waals surface area (Å²) in [5.74, 6) is -0.156. The van der Waals surface area contributed by atoms with Crippen molar-refractivity contribution in [3.8, 4) is 5.75 Å². The summed E-state index contributed by atoms with van der Waals surface area (Å²) in [5.41, 5.74) is 7.14. The summed E-state index contributed by atoms with van der Waals surface area (Å²) in [6.07, 6.45) is 0.721. The molecule has 0 spiro atoms. The maximum atomic E-state index is 12.6. The molecule has 0 heterocycles. The fourth-order valence-electron chi connectivity index (χ4n) is 2.34. The van der Waals surface area contributed by atoms with Crippen LogP contribution < -0.4 is 10.5 Å². The lowest BCUT2D eigenvalue weighted by atomic mass is 10.1. The second-order valence-electron chi connectivity index (χ2n) is 5.22. The van der Waals surface area contributed by atoms with Gasteiger partial charge in [-0.05, 0) is 36.2 Å². The van der Waals surface area contributed by atoms with Gasteiger partial charge in [0.25, 0.3) is 5.91 Å². The smallest absolute Gasteiger partial charge is 0.387 e. The lowest BCUT2D eigenvalue weighted by Gasteiger charge is -2.22. The first-order valence-corrected chi connectivity index (χ1v) is 7.68. The quantitative estimate of drug-likeness (QED) is 0.775. The summed E-state index contributed by atoms with van der Waals surface area (Å²) in [4.78, 5) is 14.2. The predicted octanol–water partition coefficient (Wildman–Crippen LogP) is 3.35. The van der Waals surface area contributed by atoms with Crippen molar-refractivity contribution in [1.29, 1.82) is 0 Å². The molecule has 0 atom stereocenters. The summed E-state index contributed by atoms with van der Waals surface area (Å²) in [7, 11) is 0. The van der Waals surface area contributed by atoms with Gasteiger partial charge in [-0.2, -0.15) is 8.78 Å². The van der Waals surface area contributed by atoms with Gasteiger partial charge < -0.3 is 15.4 Å². The molecule has 0 unspecified atom stereocenters. The number of benzene rings is 2. The Bertz CT molecular complexity index is 639. The van der Waals surface area contributed by atoms with Crippen molar-refractivity contribution >= 4 is 18.3 Å². The molecule has 4 nitrogen and oxygen atoms in total. The first-order chi connectivity index (χ1) is 11.6. The lowest BCUT2D eigenvalue weighted by molar-refractivity contribution is -0.0498. The van der Waals surface area contributed by atoms with E-state index < -0.39 is 6.61 Å². The van der Waals surface area contributed by atoms with Crippen molar-refractivity contribution in [1.82, 2.24) is 4.90 Å². The van der Waals surface area contributed by atoms with Gasteiger partial charge in [0, 0.05) is 25.2 Å². The van der Waals surface area contributed by atoms with Gasteiger partial charge in [-0.1, -0.05) is 30.3 Å². The Morgan fingerprint density at radius 1 is 1.04 bits per heavy atom. The second kappa shape index (κ2) is 10.6. The van der Waals surface area contributed by atoms with E-state index in [2.05, 4.69) is 4.74 Å². The van der Waals surface area contributed by atoms with Crippen LogP contribution in [-0.2, 0) is 6.42 Å². The highest BCUT2D eigenvalue weighted by atomic mass is 35.5. The summed E-state index contributed by atoms with van der Waals surface area (Å²) in [6.45, 7) is -1.56. The van der Waals surface area contributed by atoms with Crippen LogP contribution in [0.1, 0.15) is 15.9 Å². The molecule has 2 rings (SSSR count). The molecule has 0 aliphatic rings. The van der Waals surface area contributed by atoms with Crippen molar-refractivity contribution in [2.75, 3.05) is 19.6 Å². The molecule has 25 heavy (non-hydrogen) atoms.